The number of carbonyl (C=O) groups excluding carboxylic acids is 1. The van der Waals surface area contributed by atoms with Gasteiger partial charge in [-0.3, -0.25) is 9.78 Å². The van der Waals surface area contributed by atoms with Crippen molar-refractivity contribution in [2.75, 3.05) is 5.32 Å². The van der Waals surface area contributed by atoms with Gasteiger partial charge in [-0.05, 0) is 34.1 Å². The number of nitrogens with two attached hydrogens (primary N) is 1. The highest BCUT2D eigenvalue weighted by Gasteiger charge is 2.08. The van der Waals surface area contributed by atoms with Gasteiger partial charge in [0.05, 0.1) is 23.5 Å². The van der Waals surface area contributed by atoms with E-state index in [1.54, 1.807) is 12.3 Å². The number of anilines is 1. The summed E-state index contributed by atoms with van der Waals surface area (Å²) >= 11 is 3.42. The smallest absolute Gasteiger partial charge is 0.252 e. The summed E-state index contributed by atoms with van der Waals surface area (Å²) in [7, 11) is 0. The normalized spacial score (nSPS) is 10.7. The van der Waals surface area contributed by atoms with Crippen LogP contribution in [0.1, 0.15) is 16.1 Å². The summed E-state index contributed by atoms with van der Waals surface area (Å²) in [4.78, 5) is 19.7. The van der Waals surface area contributed by atoms with E-state index in [0.29, 0.717) is 17.8 Å². The SMILES string of the molecule is NC(=O)c1cnccc1NCc1cn2cc(Br)ccc2n1. The van der Waals surface area contributed by atoms with Gasteiger partial charge in [0, 0.05) is 29.3 Å². The van der Waals surface area contributed by atoms with Gasteiger partial charge in [-0.25, -0.2) is 4.98 Å². The highest BCUT2D eigenvalue weighted by Crippen LogP contribution is 2.16. The zero-order valence-electron chi connectivity index (χ0n) is 11.0. The van der Waals surface area contributed by atoms with Crippen LogP contribution in [0.4, 0.5) is 5.69 Å². The number of aromatic nitrogens is 3. The van der Waals surface area contributed by atoms with E-state index in [4.69, 9.17) is 5.73 Å². The van der Waals surface area contributed by atoms with E-state index in [0.717, 1.165) is 15.8 Å². The molecular weight excluding hydrogens is 334 g/mol. The molecule has 0 spiro atoms. The molecule has 0 aliphatic rings. The molecule has 0 aliphatic heterocycles. The summed E-state index contributed by atoms with van der Waals surface area (Å²) in [5, 5.41) is 3.16. The summed E-state index contributed by atoms with van der Waals surface area (Å²) in [6.07, 6.45) is 6.92. The van der Waals surface area contributed by atoms with E-state index >= 15 is 0 Å². The van der Waals surface area contributed by atoms with Crippen molar-refractivity contribution in [3.63, 3.8) is 0 Å². The van der Waals surface area contributed by atoms with Crippen LogP contribution in [0.15, 0.2) is 47.5 Å². The highest BCUT2D eigenvalue weighted by molar-refractivity contribution is 9.10. The Kier molecular flexibility index (Phi) is 3.57. The largest absolute Gasteiger partial charge is 0.379 e. The molecule has 0 radical (unpaired) electrons. The fourth-order valence-corrected chi connectivity index (χ4v) is 2.39. The summed E-state index contributed by atoms with van der Waals surface area (Å²) in [6.45, 7) is 0.490. The Morgan fingerprint density at radius 2 is 2.19 bits per heavy atom. The van der Waals surface area contributed by atoms with Crippen molar-refractivity contribution in [1.29, 1.82) is 0 Å². The molecule has 106 valence electrons. The van der Waals surface area contributed by atoms with Crippen molar-refractivity contribution in [1.82, 2.24) is 14.4 Å². The number of nitrogens with one attached hydrogen (secondary N) is 1. The van der Waals surface area contributed by atoms with E-state index in [-0.39, 0.29) is 0 Å². The van der Waals surface area contributed by atoms with Gasteiger partial charge in [-0.15, -0.1) is 0 Å². The van der Waals surface area contributed by atoms with Crippen LogP contribution in [-0.4, -0.2) is 20.3 Å². The second kappa shape index (κ2) is 5.53. The molecule has 3 heterocycles. The van der Waals surface area contributed by atoms with Gasteiger partial charge in [0.25, 0.3) is 5.91 Å². The van der Waals surface area contributed by atoms with Gasteiger partial charge in [0.1, 0.15) is 5.65 Å². The first-order chi connectivity index (χ1) is 10.1. The van der Waals surface area contributed by atoms with Crippen LogP contribution in [-0.2, 0) is 6.54 Å². The second-order valence-electron chi connectivity index (χ2n) is 4.48. The standard InChI is InChI=1S/C14H12BrN5O/c15-9-1-2-13-19-10(8-20(13)7-9)5-18-12-3-4-17-6-11(12)14(16)21/h1-4,6-8H,5H2,(H2,16,21)(H,17,18). The maximum atomic E-state index is 11.3. The lowest BCUT2D eigenvalue weighted by atomic mass is 10.2. The molecule has 3 aromatic heterocycles. The molecule has 7 heteroatoms. The summed E-state index contributed by atoms with van der Waals surface area (Å²) in [5.41, 5.74) is 8.05. The molecule has 3 aromatic rings. The highest BCUT2D eigenvalue weighted by atomic mass is 79.9. The topological polar surface area (TPSA) is 85.3 Å². The number of hydrogen-bond donors (Lipinski definition) is 2. The third kappa shape index (κ3) is 2.87. The monoisotopic (exact) mass is 345 g/mol. The third-order valence-electron chi connectivity index (χ3n) is 3.01. The van der Waals surface area contributed by atoms with E-state index < -0.39 is 5.91 Å². The van der Waals surface area contributed by atoms with Gasteiger partial charge in [0.2, 0.25) is 0 Å². The third-order valence-corrected chi connectivity index (χ3v) is 3.48. The molecule has 3 N–H and O–H groups in total. The van der Waals surface area contributed by atoms with Crippen LogP contribution in [0.25, 0.3) is 5.65 Å². The number of nitrogens with zero attached hydrogens (tertiary/aromatic N) is 3. The maximum Gasteiger partial charge on any atom is 0.252 e. The van der Waals surface area contributed by atoms with Crippen molar-refractivity contribution in [2.24, 2.45) is 5.73 Å². The average Bonchev–Trinajstić information content (AvgIpc) is 2.87. The first kappa shape index (κ1) is 13.6. The van der Waals surface area contributed by atoms with Crippen LogP contribution in [0, 0.1) is 0 Å². The molecule has 3 rings (SSSR count). The average molecular weight is 346 g/mol. The van der Waals surface area contributed by atoms with Gasteiger partial charge in [0.15, 0.2) is 0 Å². The first-order valence-corrected chi connectivity index (χ1v) is 7.03. The first-order valence-electron chi connectivity index (χ1n) is 6.24. The Labute approximate surface area is 129 Å². The minimum atomic E-state index is -0.510. The van der Waals surface area contributed by atoms with Crippen molar-refractivity contribution in [3.8, 4) is 0 Å². The Morgan fingerprint density at radius 1 is 1.33 bits per heavy atom. The number of hydrogen-bond acceptors (Lipinski definition) is 4. The molecule has 0 bridgehead atoms. The molecular formula is C14H12BrN5O. The Bertz CT molecular complexity index is 814. The van der Waals surface area contributed by atoms with Crippen LogP contribution in [0.5, 0.6) is 0 Å². The maximum absolute atomic E-state index is 11.3. The molecule has 0 atom stereocenters. The molecule has 1 amide bonds. The number of pyridine rings is 2. The predicted octanol–water partition coefficient (Wildman–Crippen LogP) is 2.20. The van der Waals surface area contributed by atoms with Crippen molar-refractivity contribution in [2.45, 2.75) is 6.54 Å². The minimum Gasteiger partial charge on any atom is -0.379 e. The Balaban J connectivity index is 1.82. The Morgan fingerprint density at radius 3 is 3.00 bits per heavy atom. The molecule has 0 saturated carbocycles. The van der Waals surface area contributed by atoms with Gasteiger partial charge >= 0.3 is 0 Å². The zero-order valence-corrected chi connectivity index (χ0v) is 12.5. The number of fused-ring (bicyclic) bond motifs is 1. The molecule has 0 aromatic carbocycles. The number of rotatable bonds is 4. The molecule has 21 heavy (non-hydrogen) atoms. The van der Waals surface area contributed by atoms with Crippen molar-refractivity contribution in [3.05, 3.63) is 58.7 Å². The summed E-state index contributed by atoms with van der Waals surface area (Å²) in [5.74, 6) is -0.510. The number of amides is 1. The van der Waals surface area contributed by atoms with E-state index in [2.05, 4.69) is 31.2 Å². The van der Waals surface area contributed by atoms with E-state index in [1.807, 2.05) is 28.9 Å². The van der Waals surface area contributed by atoms with Gasteiger partial charge in [-0.2, -0.15) is 0 Å². The van der Waals surface area contributed by atoms with E-state index in [9.17, 15) is 4.79 Å². The van der Waals surface area contributed by atoms with E-state index in [1.165, 1.54) is 6.20 Å². The summed E-state index contributed by atoms with van der Waals surface area (Å²) < 4.78 is 2.92. The van der Waals surface area contributed by atoms with Gasteiger partial charge < -0.3 is 15.5 Å². The van der Waals surface area contributed by atoms with Crippen LogP contribution in [0.2, 0.25) is 0 Å². The number of imidazole rings is 1. The second-order valence-corrected chi connectivity index (χ2v) is 5.40. The fourth-order valence-electron chi connectivity index (χ4n) is 2.03. The van der Waals surface area contributed by atoms with Crippen molar-refractivity contribution < 1.29 is 4.79 Å². The lowest BCUT2D eigenvalue weighted by Crippen LogP contribution is -2.14. The molecule has 0 fully saturated rings. The minimum absolute atomic E-state index is 0.365. The van der Waals surface area contributed by atoms with Crippen LogP contribution in [0.3, 0.4) is 0 Å². The molecule has 0 aliphatic carbocycles. The molecule has 0 unspecified atom stereocenters. The quantitative estimate of drug-likeness (QED) is 0.758. The number of carbonyl (C=O) groups is 1. The zero-order chi connectivity index (χ0) is 14.8. The molecule has 6 nitrogen and oxygen atoms in total. The van der Waals surface area contributed by atoms with Crippen LogP contribution < -0.4 is 11.1 Å². The lowest BCUT2D eigenvalue weighted by molar-refractivity contribution is 0.100. The lowest BCUT2D eigenvalue weighted by Gasteiger charge is -2.07. The number of halogens is 1. The fraction of sp³-hybridized carbons (Fsp3) is 0.0714. The van der Waals surface area contributed by atoms with Crippen molar-refractivity contribution >= 4 is 33.2 Å². The van der Waals surface area contributed by atoms with Crippen LogP contribution >= 0.6 is 15.9 Å². The summed E-state index contributed by atoms with van der Waals surface area (Å²) in [6, 6.07) is 5.58. The Hall–Kier alpha value is -2.41. The molecule has 0 saturated heterocycles. The predicted molar refractivity (Wildman–Crippen MR) is 83.0 cm³/mol. The number of primary amides is 1. The van der Waals surface area contributed by atoms with Gasteiger partial charge in [-0.1, -0.05) is 0 Å².